The summed E-state index contributed by atoms with van der Waals surface area (Å²) in [6, 6.07) is 9.44. The Balaban J connectivity index is 0.000000983. The summed E-state index contributed by atoms with van der Waals surface area (Å²) < 4.78 is 25.6. The molecule has 9 heteroatoms. The van der Waals surface area contributed by atoms with Gasteiger partial charge in [-0.2, -0.15) is 4.21 Å². The number of aromatic hydroxyl groups is 1. The number of fused-ring (bicyclic) bond motifs is 1. The fraction of sp³-hybridized carbons (Fsp3) is 0.567. The summed E-state index contributed by atoms with van der Waals surface area (Å²) in [6.07, 6.45) is 4.16. The summed E-state index contributed by atoms with van der Waals surface area (Å²) in [5, 5.41) is 10.4. The maximum Gasteiger partial charge on any atom is 0.357 e. The lowest BCUT2D eigenvalue weighted by molar-refractivity contribution is 0.0732. The van der Waals surface area contributed by atoms with Gasteiger partial charge in [-0.3, -0.25) is 14.2 Å². The van der Waals surface area contributed by atoms with E-state index in [0.29, 0.717) is 18.7 Å². The molecule has 216 valence electrons. The smallest absolute Gasteiger partial charge is 0.357 e. The van der Waals surface area contributed by atoms with Crippen molar-refractivity contribution >= 4 is 17.3 Å². The summed E-state index contributed by atoms with van der Waals surface area (Å²) in [5.74, 6) is -0.386. The van der Waals surface area contributed by atoms with Crippen LogP contribution in [-0.4, -0.2) is 74.2 Å². The number of benzene rings is 2. The van der Waals surface area contributed by atoms with Crippen LogP contribution in [0.3, 0.4) is 0 Å². The van der Waals surface area contributed by atoms with Crippen LogP contribution in [0.2, 0.25) is 0 Å². The van der Waals surface area contributed by atoms with Crippen molar-refractivity contribution in [2.75, 3.05) is 39.8 Å². The van der Waals surface area contributed by atoms with Gasteiger partial charge in [0, 0.05) is 51.9 Å². The number of amides is 1. The maximum atomic E-state index is 13.6. The zero-order valence-electron chi connectivity index (χ0n) is 24.1. The third-order valence-corrected chi connectivity index (χ3v) is 8.06. The summed E-state index contributed by atoms with van der Waals surface area (Å²) >= 11 is -2.61. The number of piperazine rings is 1. The van der Waals surface area contributed by atoms with Crippen LogP contribution in [0.1, 0.15) is 85.5 Å². The van der Waals surface area contributed by atoms with Crippen LogP contribution in [0.25, 0.3) is 0 Å². The number of phenols is 1. The quantitative estimate of drug-likeness (QED) is 0.431. The molecule has 4 rings (SSSR count). The lowest BCUT2D eigenvalue weighted by atomic mass is 9.93. The second kappa shape index (κ2) is 14.8. The Kier molecular flexibility index (Phi) is 11.8. The fourth-order valence-corrected chi connectivity index (χ4v) is 5.12. The first-order chi connectivity index (χ1) is 18.7. The molecule has 0 aliphatic carbocycles. The molecule has 0 bridgehead atoms. The molecule has 2 N–H and O–H groups in total. The Morgan fingerprint density at radius 1 is 1.03 bits per heavy atom. The van der Waals surface area contributed by atoms with Crippen molar-refractivity contribution in [2.45, 2.75) is 72.4 Å². The van der Waals surface area contributed by atoms with Gasteiger partial charge >= 0.3 is 11.4 Å². The lowest BCUT2D eigenvalue weighted by Crippen LogP contribution is -2.43. The first-order valence-electron chi connectivity index (χ1n) is 14.1. The monoisotopic (exact) mass is 559 g/mol. The average molecular weight is 560 g/mol. The van der Waals surface area contributed by atoms with E-state index in [2.05, 4.69) is 48.9 Å². The second-order valence-electron chi connectivity index (χ2n) is 10.7. The van der Waals surface area contributed by atoms with Crippen molar-refractivity contribution in [2.24, 2.45) is 0 Å². The number of carbonyl (C=O) groups excluding carboxylic acids is 1. The zero-order chi connectivity index (χ0) is 28.5. The normalized spacial score (nSPS) is 17.5. The highest BCUT2D eigenvalue weighted by Gasteiger charge is 2.27. The molecule has 2 unspecified atom stereocenters. The molecule has 8 nitrogen and oxygen atoms in total. The largest absolute Gasteiger partial charge is 0.508 e. The number of unbranched alkanes of at least 4 members (excludes halogenated alkanes) is 1. The van der Waals surface area contributed by atoms with Gasteiger partial charge in [0.1, 0.15) is 5.75 Å². The van der Waals surface area contributed by atoms with Gasteiger partial charge in [-0.25, -0.2) is 0 Å². The van der Waals surface area contributed by atoms with E-state index in [1.807, 2.05) is 13.8 Å². The maximum absolute atomic E-state index is 13.6. The van der Waals surface area contributed by atoms with Crippen LogP contribution in [0.5, 0.6) is 11.5 Å². The highest BCUT2D eigenvalue weighted by atomic mass is 32.2. The van der Waals surface area contributed by atoms with Crippen LogP contribution in [0, 0.1) is 0 Å². The van der Waals surface area contributed by atoms with Gasteiger partial charge in [0.2, 0.25) is 0 Å². The Morgan fingerprint density at radius 3 is 2.33 bits per heavy atom. The van der Waals surface area contributed by atoms with E-state index < -0.39 is 11.4 Å². The van der Waals surface area contributed by atoms with Crippen molar-refractivity contribution in [3.8, 4) is 11.5 Å². The number of hydrogen-bond acceptors (Lipinski definition) is 6. The molecule has 0 saturated carbocycles. The van der Waals surface area contributed by atoms with Crippen LogP contribution in [0.4, 0.5) is 0 Å². The van der Waals surface area contributed by atoms with Crippen LogP contribution in [-0.2, 0) is 30.9 Å². The molecule has 2 atom stereocenters. The van der Waals surface area contributed by atoms with Gasteiger partial charge in [-0.1, -0.05) is 58.7 Å². The molecule has 1 amide bonds. The molecule has 1 fully saturated rings. The highest BCUT2D eigenvalue weighted by molar-refractivity contribution is 7.74. The number of rotatable bonds is 8. The van der Waals surface area contributed by atoms with Crippen molar-refractivity contribution in [3.63, 3.8) is 0 Å². The van der Waals surface area contributed by atoms with Crippen molar-refractivity contribution in [1.82, 2.24) is 14.7 Å². The Hall–Kier alpha value is -2.46. The highest BCUT2D eigenvalue weighted by Crippen LogP contribution is 2.36. The number of likely N-dealkylation sites (N-methyl/N-ethyl adjacent to an activating group) is 1. The fourth-order valence-electron chi connectivity index (χ4n) is 4.83. The molecule has 2 aromatic carbocycles. The Labute approximate surface area is 236 Å². The van der Waals surface area contributed by atoms with Gasteiger partial charge < -0.3 is 19.1 Å². The Morgan fingerprint density at radius 2 is 1.72 bits per heavy atom. The van der Waals surface area contributed by atoms with E-state index >= 15 is 0 Å². The predicted molar refractivity (Wildman–Crippen MR) is 156 cm³/mol. The molecule has 2 heterocycles. The zero-order valence-corrected chi connectivity index (χ0v) is 24.9. The number of nitrogens with zero attached hydrogens (tertiary/aromatic N) is 3. The first-order valence-corrected chi connectivity index (χ1v) is 15.2. The molecule has 0 radical (unpaired) electrons. The molecule has 2 aliphatic heterocycles. The van der Waals surface area contributed by atoms with E-state index in [-0.39, 0.29) is 28.9 Å². The van der Waals surface area contributed by atoms with Crippen LogP contribution >= 0.6 is 0 Å². The molecule has 0 spiro atoms. The number of carbonyl (C=O) groups is 1. The average Bonchev–Trinajstić information content (AvgIpc) is 2.93. The lowest BCUT2D eigenvalue weighted by Gasteiger charge is -2.33. The standard InChI is InChI=1S/C26H35N3O5S.C4H10/c1-4-18(2)22-14-23(25(15-24(22)30)34-35(32)33)26(31)29-8-7-20-6-5-19(13-21(20)17-29)16-28-11-9-27(3)10-12-28;1-3-4-2/h5-6,13-15,18,30H,4,7-12,16-17H2,1-3H3,(H,32,33);3-4H2,1-2H3. The summed E-state index contributed by atoms with van der Waals surface area (Å²) in [7, 11) is 2.15. The third-order valence-electron chi connectivity index (χ3n) is 7.74. The minimum absolute atomic E-state index is 0.0226. The minimum atomic E-state index is -2.61. The molecule has 2 aliphatic rings. The summed E-state index contributed by atoms with van der Waals surface area (Å²) in [6.45, 7) is 14.5. The van der Waals surface area contributed by atoms with Gasteiger partial charge in [0.15, 0.2) is 5.75 Å². The summed E-state index contributed by atoms with van der Waals surface area (Å²) in [5.41, 5.74) is 4.43. The van der Waals surface area contributed by atoms with E-state index in [1.165, 1.54) is 30.0 Å². The van der Waals surface area contributed by atoms with Crippen molar-refractivity contribution in [3.05, 3.63) is 58.1 Å². The molecule has 1 saturated heterocycles. The van der Waals surface area contributed by atoms with Crippen molar-refractivity contribution < 1.29 is 22.8 Å². The molecule has 39 heavy (non-hydrogen) atoms. The molecule has 2 aromatic rings. The molecular weight excluding hydrogens is 514 g/mol. The van der Waals surface area contributed by atoms with Gasteiger partial charge in [-0.05, 0) is 54.1 Å². The molecular formula is C30H45N3O5S. The van der Waals surface area contributed by atoms with Crippen LogP contribution < -0.4 is 4.18 Å². The van der Waals surface area contributed by atoms with Gasteiger partial charge in [0.05, 0.1) is 5.56 Å². The van der Waals surface area contributed by atoms with E-state index in [9.17, 15) is 18.7 Å². The third kappa shape index (κ3) is 8.51. The van der Waals surface area contributed by atoms with E-state index in [1.54, 1.807) is 11.0 Å². The Bertz CT molecular complexity index is 1130. The SMILES string of the molecule is CCC(C)c1cc(C(=O)N2CCc3ccc(CN4CCN(C)CC4)cc3C2)c(OS(=O)O)cc1O.CCCC. The van der Waals surface area contributed by atoms with E-state index in [0.717, 1.165) is 51.1 Å². The first kappa shape index (κ1) is 31.1. The number of phenolic OH excluding ortho intramolecular Hbond substituents is 1. The summed E-state index contributed by atoms with van der Waals surface area (Å²) in [4.78, 5) is 20.1. The number of hydrogen-bond donors (Lipinski definition) is 2. The molecule has 0 aromatic heterocycles. The van der Waals surface area contributed by atoms with Gasteiger partial charge in [0.25, 0.3) is 5.91 Å². The van der Waals surface area contributed by atoms with Crippen LogP contribution in [0.15, 0.2) is 30.3 Å². The van der Waals surface area contributed by atoms with Crippen molar-refractivity contribution in [1.29, 1.82) is 0 Å². The second-order valence-corrected chi connectivity index (χ2v) is 11.3. The minimum Gasteiger partial charge on any atom is -0.508 e. The van der Waals surface area contributed by atoms with E-state index in [4.69, 9.17) is 4.18 Å². The topological polar surface area (TPSA) is 93.6 Å². The predicted octanol–water partition coefficient (Wildman–Crippen LogP) is 5.17. The van der Waals surface area contributed by atoms with Gasteiger partial charge in [-0.15, -0.1) is 0 Å².